The van der Waals surface area contributed by atoms with Crippen molar-refractivity contribution in [2.24, 2.45) is 5.92 Å². The SMILES string of the molecule is O=[N+]([O-])C(C1CC1)C(O)c1ccccc1. The molecule has 1 fully saturated rings. The predicted molar refractivity (Wildman–Crippen MR) is 54.9 cm³/mol. The molecule has 2 atom stereocenters. The molecule has 15 heavy (non-hydrogen) atoms. The molecular formula is C11H13NO3. The second-order valence-electron chi connectivity index (χ2n) is 3.97. The Labute approximate surface area is 87.7 Å². The van der Waals surface area contributed by atoms with Crippen molar-refractivity contribution in [2.75, 3.05) is 0 Å². The van der Waals surface area contributed by atoms with E-state index < -0.39 is 12.1 Å². The summed E-state index contributed by atoms with van der Waals surface area (Å²) in [4.78, 5) is 10.5. The maximum Gasteiger partial charge on any atom is 0.245 e. The molecule has 4 heteroatoms. The van der Waals surface area contributed by atoms with Crippen molar-refractivity contribution in [1.29, 1.82) is 0 Å². The average molecular weight is 207 g/mol. The van der Waals surface area contributed by atoms with Gasteiger partial charge >= 0.3 is 0 Å². The fourth-order valence-corrected chi connectivity index (χ4v) is 1.83. The normalized spacial score (nSPS) is 19.5. The first-order valence-electron chi connectivity index (χ1n) is 5.06. The molecular weight excluding hydrogens is 194 g/mol. The van der Waals surface area contributed by atoms with Gasteiger partial charge in [-0.15, -0.1) is 0 Å². The second kappa shape index (κ2) is 3.98. The summed E-state index contributed by atoms with van der Waals surface area (Å²) in [5, 5.41) is 20.8. The van der Waals surface area contributed by atoms with Crippen LogP contribution in [-0.4, -0.2) is 16.1 Å². The molecule has 0 amide bonds. The van der Waals surface area contributed by atoms with Crippen molar-refractivity contribution in [3.63, 3.8) is 0 Å². The molecule has 0 radical (unpaired) electrons. The molecule has 1 N–H and O–H groups in total. The molecule has 4 nitrogen and oxygen atoms in total. The first-order chi connectivity index (χ1) is 7.20. The first kappa shape index (κ1) is 10.1. The molecule has 0 aliphatic heterocycles. The zero-order valence-electron chi connectivity index (χ0n) is 8.24. The number of nitro groups is 1. The van der Waals surface area contributed by atoms with E-state index in [9.17, 15) is 15.2 Å². The van der Waals surface area contributed by atoms with Crippen LogP contribution in [-0.2, 0) is 0 Å². The van der Waals surface area contributed by atoms with Crippen molar-refractivity contribution >= 4 is 0 Å². The van der Waals surface area contributed by atoms with Gasteiger partial charge in [-0.1, -0.05) is 30.3 Å². The van der Waals surface area contributed by atoms with Crippen LogP contribution in [0, 0.1) is 16.0 Å². The standard InChI is InChI=1S/C11H13NO3/c13-11(9-4-2-1-3-5-9)10(12(14)15)8-6-7-8/h1-5,8,10-11,13H,6-7H2. The van der Waals surface area contributed by atoms with Crippen LogP contribution >= 0.6 is 0 Å². The third kappa shape index (κ3) is 2.15. The van der Waals surface area contributed by atoms with Gasteiger partial charge in [0.05, 0.1) is 0 Å². The van der Waals surface area contributed by atoms with Crippen LogP contribution in [0.4, 0.5) is 0 Å². The fourth-order valence-electron chi connectivity index (χ4n) is 1.83. The van der Waals surface area contributed by atoms with E-state index in [1.165, 1.54) is 0 Å². The van der Waals surface area contributed by atoms with Crippen LogP contribution in [0.15, 0.2) is 30.3 Å². The van der Waals surface area contributed by atoms with E-state index in [1.54, 1.807) is 24.3 Å². The lowest BCUT2D eigenvalue weighted by atomic mass is 9.99. The smallest absolute Gasteiger partial charge is 0.245 e. The van der Waals surface area contributed by atoms with Crippen LogP contribution in [0.5, 0.6) is 0 Å². The Bertz CT molecular complexity index is 348. The number of aliphatic hydroxyl groups is 1. The largest absolute Gasteiger partial charge is 0.381 e. The van der Waals surface area contributed by atoms with Gasteiger partial charge in [0.2, 0.25) is 6.04 Å². The van der Waals surface area contributed by atoms with Crippen LogP contribution in [0.25, 0.3) is 0 Å². The Kier molecular flexibility index (Phi) is 2.68. The lowest BCUT2D eigenvalue weighted by molar-refractivity contribution is -0.540. The molecule has 2 unspecified atom stereocenters. The van der Waals surface area contributed by atoms with E-state index in [0.29, 0.717) is 5.56 Å². The van der Waals surface area contributed by atoms with Gasteiger partial charge in [0.1, 0.15) is 6.10 Å². The number of hydrogen-bond acceptors (Lipinski definition) is 3. The van der Waals surface area contributed by atoms with E-state index in [-0.39, 0.29) is 10.8 Å². The lowest BCUT2D eigenvalue weighted by Crippen LogP contribution is -2.29. The van der Waals surface area contributed by atoms with E-state index >= 15 is 0 Å². The third-order valence-corrected chi connectivity index (χ3v) is 2.81. The molecule has 0 bridgehead atoms. The molecule has 0 saturated heterocycles. The van der Waals surface area contributed by atoms with Crippen LogP contribution in [0.1, 0.15) is 24.5 Å². The van der Waals surface area contributed by atoms with Crippen molar-refractivity contribution in [2.45, 2.75) is 25.0 Å². The summed E-state index contributed by atoms with van der Waals surface area (Å²) in [6.45, 7) is 0. The van der Waals surface area contributed by atoms with Crippen LogP contribution < -0.4 is 0 Å². The molecule has 0 aromatic heterocycles. The average Bonchev–Trinajstić information content (AvgIpc) is 3.03. The third-order valence-electron chi connectivity index (χ3n) is 2.81. The van der Waals surface area contributed by atoms with Crippen molar-refractivity contribution in [3.8, 4) is 0 Å². The quantitative estimate of drug-likeness (QED) is 0.604. The zero-order chi connectivity index (χ0) is 10.8. The van der Waals surface area contributed by atoms with Crippen molar-refractivity contribution in [1.82, 2.24) is 0 Å². The summed E-state index contributed by atoms with van der Waals surface area (Å²) < 4.78 is 0. The molecule has 80 valence electrons. The topological polar surface area (TPSA) is 63.4 Å². The van der Waals surface area contributed by atoms with E-state index in [0.717, 1.165) is 12.8 Å². The minimum atomic E-state index is -0.978. The molecule has 2 rings (SSSR count). The van der Waals surface area contributed by atoms with E-state index in [4.69, 9.17) is 0 Å². The molecule has 1 aliphatic carbocycles. The molecule has 0 heterocycles. The summed E-state index contributed by atoms with van der Waals surface area (Å²) in [6.07, 6.45) is 0.735. The zero-order valence-corrected chi connectivity index (χ0v) is 8.24. The van der Waals surface area contributed by atoms with Gasteiger partial charge < -0.3 is 5.11 Å². The Hall–Kier alpha value is -1.42. The highest BCUT2D eigenvalue weighted by molar-refractivity contribution is 5.19. The van der Waals surface area contributed by atoms with Crippen LogP contribution in [0.2, 0.25) is 0 Å². The number of benzene rings is 1. The minimum absolute atomic E-state index is 0.0511. The Morgan fingerprint density at radius 3 is 2.40 bits per heavy atom. The van der Waals surface area contributed by atoms with Gasteiger partial charge in [-0.05, 0) is 18.4 Å². The number of nitrogens with zero attached hydrogens (tertiary/aromatic N) is 1. The van der Waals surface area contributed by atoms with E-state index in [2.05, 4.69) is 0 Å². The lowest BCUT2D eigenvalue weighted by Gasteiger charge is -2.15. The molecule has 1 saturated carbocycles. The molecule has 1 aliphatic rings. The summed E-state index contributed by atoms with van der Waals surface area (Å²) in [7, 11) is 0. The summed E-state index contributed by atoms with van der Waals surface area (Å²) in [6, 6.07) is 8.00. The van der Waals surface area contributed by atoms with Gasteiger partial charge in [-0.25, -0.2) is 0 Å². The second-order valence-corrected chi connectivity index (χ2v) is 3.97. The first-order valence-corrected chi connectivity index (χ1v) is 5.06. The van der Waals surface area contributed by atoms with E-state index in [1.807, 2.05) is 6.07 Å². The predicted octanol–water partition coefficient (Wildman–Crippen LogP) is 1.78. The Morgan fingerprint density at radius 1 is 1.33 bits per heavy atom. The van der Waals surface area contributed by atoms with Gasteiger partial charge in [0.15, 0.2) is 0 Å². The maximum absolute atomic E-state index is 10.8. The van der Waals surface area contributed by atoms with Crippen molar-refractivity contribution in [3.05, 3.63) is 46.0 Å². The van der Waals surface area contributed by atoms with Gasteiger partial charge in [-0.3, -0.25) is 10.1 Å². The summed E-state index contributed by atoms with van der Waals surface area (Å²) >= 11 is 0. The number of aliphatic hydroxyl groups excluding tert-OH is 1. The monoisotopic (exact) mass is 207 g/mol. The van der Waals surface area contributed by atoms with Gasteiger partial charge in [0, 0.05) is 10.8 Å². The molecule has 1 aromatic carbocycles. The van der Waals surface area contributed by atoms with Crippen LogP contribution in [0.3, 0.4) is 0 Å². The van der Waals surface area contributed by atoms with Gasteiger partial charge in [-0.2, -0.15) is 0 Å². The molecule has 0 spiro atoms. The summed E-state index contributed by atoms with van der Waals surface area (Å²) in [5.74, 6) is 0.0511. The highest BCUT2D eigenvalue weighted by Crippen LogP contribution is 2.39. The number of hydrogen-bond donors (Lipinski definition) is 1. The summed E-state index contributed by atoms with van der Waals surface area (Å²) in [5.41, 5.74) is 0.631. The maximum atomic E-state index is 10.8. The highest BCUT2D eigenvalue weighted by atomic mass is 16.6. The Morgan fingerprint density at radius 2 is 1.93 bits per heavy atom. The fraction of sp³-hybridized carbons (Fsp3) is 0.455. The molecule has 1 aromatic rings. The highest BCUT2D eigenvalue weighted by Gasteiger charge is 2.45. The minimum Gasteiger partial charge on any atom is -0.381 e. The van der Waals surface area contributed by atoms with Crippen molar-refractivity contribution < 1.29 is 10.0 Å². The number of rotatable bonds is 4. The Balaban J connectivity index is 2.17. The van der Waals surface area contributed by atoms with Gasteiger partial charge in [0.25, 0.3) is 0 Å².